The number of nitrogens with zero attached hydrogens (tertiary/aromatic N) is 1. The van der Waals surface area contributed by atoms with Crippen molar-refractivity contribution in [3.63, 3.8) is 0 Å². The topological polar surface area (TPSA) is 59.4 Å². The fourth-order valence-electron chi connectivity index (χ4n) is 2.40. The molecule has 0 spiro atoms. The maximum absolute atomic E-state index is 11.2. The summed E-state index contributed by atoms with van der Waals surface area (Å²) in [5.41, 5.74) is 2.01. The summed E-state index contributed by atoms with van der Waals surface area (Å²) in [7, 11) is 1.60. The van der Waals surface area contributed by atoms with Crippen LogP contribution in [0.3, 0.4) is 0 Å². The number of benzene rings is 2. The first-order chi connectivity index (χ1) is 10.2. The number of carboxylic acid groups (broad SMARTS) is 1. The molecule has 1 N–H and O–H groups in total. The number of rotatable bonds is 3. The SMILES string of the molecule is COc1ccncc1-c1cccc2ccc(C(=O)O)cc12. The van der Waals surface area contributed by atoms with Crippen LogP contribution in [-0.4, -0.2) is 23.2 Å². The van der Waals surface area contributed by atoms with Gasteiger partial charge in [0.1, 0.15) is 5.75 Å². The number of fused-ring (bicyclic) bond motifs is 1. The molecule has 0 saturated carbocycles. The molecule has 104 valence electrons. The molecule has 0 aliphatic rings. The highest BCUT2D eigenvalue weighted by molar-refractivity contribution is 6.01. The first kappa shape index (κ1) is 13.1. The molecule has 3 aromatic rings. The van der Waals surface area contributed by atoms with Gasteiger partial charge in [-0.15, -0.1) is 0 Å². The average molecular weight is 279 g/mol. The lowest BCUT2D eigenvalue weighted by atomic mass is 9.97. The molecule has 1 heterocycles. The fraction of sp³-hybridized carbons (Fsp3) is 0.0588. The first-order valence-corrected chi connectivity index (χ1v) is 6.45. The van der Waals surface area contributed by atoms with Crippen LogP contribution in [-0.2, 0) is 0 Å². The van der Waals surface area contributed by atoms with E-state index in [-0.39, 0.29) is 5.56 Å². The van der Waals surface area contributed by atoms with Crippen molar-refractivity contribution in [1.82, 2.24) is 4.98 Å². The second kappa shape index (κ2) is 5.25. The van der Waals surface area contributed by atoms with Gasteiger partial charge in [0.25, 0.3) is 0 Å². The quantitative estimate of drug-likeness (QED) is 0.795. The first-order valence-electron chi connectivity index (χ1n) is 6.45. The summed E-state index contributed by atoms with van der Waals surface area (Å²) in [6, 6.07) is 12.7. The third-order valence-electron chi connectivity index (χ3n) is 3.42. The van der Waals surface area contributed by atoms with E-state index in [4.69, 9.17) is 9.84 Å². The van der Waals surface area contributed by atoms with Gasteiger partial charge in [-0.1, -0.05) is 24.3 Å². The van der Waals surface area contributed by atoms with Crippen molar-refractivity contribution >= 4 is 16.7 Å². The number of hydrogen-bond donors (Lipinski definition) is 1. The summed E-state index contributed by atoms with van der Waals surface area (Å²) >= 11 is 0. The third kappa shape index (κ3) is 2.31. The predicted molar refractivity (Wildman–Crippen MR) is 80.7 cm³/mol. The van der Waals surface area contributed by atoms with Gasteiger partial charge < -0.3 is 9.84 Å². The van der Waals surface area contributed by atoms with E-state index < -0.39 is 5.97 Å². The minimum Gasteiger partial charge on any atom is -0.496 e. The van der Waals surface area contributed by atoms with Crippen LogP contribution in [0.15, 0.2) is 54.9 Å². The summed E-state index contributed by atoms with van der Waals surface area (Å²) in [5, 5.41) is 11.0. The van der Waals surface area contributed by atoms with E-state index in [1.165, 1.54) is 0 Å². The number of aromatic carboxylic acids is 1. The maximum Gasteiger partial charge on any atom is 0.335 e. The number of ether oxygens (including phenoxy) is 1. The lowest BCUT2D eigenvalue weighted by Gasteiger charge is -2.11. The van der Waals surface area contributed by atoms with Crippen LogP contribution in [0, 0.1) is 0 Å². The number of methoxy groups -OCH3 is 1. The molecule has 0 aliphatic heterocycles. The second-order valence-electron chi connectivity index (χ2n) is 4.62. The van der Waals surface area contributed by atoms with Crippen molar-refractivity contribution < 1.29 is 14.6 Å². The molecule has 0 atom stereocenters. The van der Waals surface area contributed by atoms with Gasteiger partial charge in [0, 0.05) is 18.0 Å². The Morgan fingerprint density at radius 3 is 2.76 bits per heavy atom. The maximum atomic E-state index is 11.2. The molecule has 0 saturated heterocycles. The molecule has 0 unspecified atom stereocenters. The van der Waals surface area contributed by atoms with Crippen molar-refractivity contribution in [2.45, 2.75) is 0 Å². The molecule has 0 bridgehead atoms. The molecule has 0 fully saturated rings. The van der Waals surface area contributed by atoms with Gasteiger partial charge in [-0.3, -0.25) is 4.98 Å². The van der Waals surface area contributed by atoms with E-state index in [0.717, 1.165) is 21.9 Å². The van der Waals surface area contributed by atoms with Crippen molar-refractivity contribution in [3.05, 3.63) is 60.4 Å². The largest absolute Gasteiger partial charge is 0.496 e. The highest BCUT2D eigenvalue weighted by atomic mass is 16.5. The van der Waals surface area contributed by atoms with Gasteiger partial charge in [-0.2, -0.15) is 0 Å². The molecule has 1 aromatic heterocycles. The summed E-state index contributed by atoms with van der Waals surface area (Å²) in [4.78, 5) is 15.3. The molecule has 0 aliphatic carbocycles. The number of carbonyl (C=O) groups is 1. The van der Waals surface area contributed by atoms with Crippen LogP contribution in [0.5, 0.6) is 5.75 Å². The summed E-state index contributed by atoms with van der Waals surface area (Å²) < 4.78 is 5.37. The highest BCUT2D eigenvalue weighted by Gasteiger charge is 2.11. The molecule has 0 amide bonds. The standard InChI is InChI=1S/C17H13NO3/c1-21-16-7-8-18-10-15(16)13-4-2-3-11-5-6-12(17(19)20)9-14(11)13/h2-10H,1H3,(H,19,20). The molecular formula is C17H13NO3. The van der Waals surface area contributed by atoms with Crippen LogP contribution in [0.1, 0.15) is 10.4 Å². The Bertz CT molecular complexity index is 827. The zero-order chi connectivity index (χ0) is 14.8. The number of hydrogen-bond acceptors (Lipinski definition) is 3. The van der Waals surface area contributed by atoms with Crippen LogP contribution in [0.4, 0.5) is 0 Å². The normalized spacial score (nSPS) is 10.5. The van der Waals surface area contributed by atoms with Crippen LogP contribution in [0.25, 0.3) is 21.9 Å². The number of pyridine rings is 1. The van der Waals surface area contributed by atoms with E-state index >= 15 is 0 Å². The molecule has 21 heavy (non-hydrogen) atoms. The Morgan fingerprint density at radius 2 is 2.00 bits per heavy atom. The number of carboxylic acids is 1. The minimum absolute atomic E-state index is 0.262. The summed E-state index contributed by atoms with van der Waals surface area (Å²) in [6.45, 7) is 0. The van der Waals surface area contributed by atoms with E-state index in [1.54, 1.807) is 37.7 Å². The Kier molecular flexibility index (Phi) is 3.28. The second-order valence-corrected chi connectivity index (χ2v) is 4.62. The minimum atomic E-state index is -0.940. The van der Waals surface area contributed by atoms with Crippen LogP contribution < -0.4 is 4.74 Å². The molecule has 3 rings (SSSR count). The van der Waals surface area contributed by atoms with Crippen molar-refractivity contribution in [1.29, 1.82) is 0 Å². The Hall–Kier alpha value is -2.88. The fourth-order valence-corrected chi connectivity index (χ4v) is 2.40. The van der Waals surface area contributed by atoms with Gasteiger partial charge in [0.05, 0.1) is 12.7 Å². The summed E-state index contributed by atoms with van der Waals surface area (Å²) in [6.07, 6.45) is 3.39. The Labute approximate surface area is 121 Å². The van der Waals surface area contributed by atoms with Gasteiger partial charge in [0.15, 0.2) is 0 Å². The van der Waals surface area contributed by atoms with Gasteiger partial charge in [-0.25, -0.2) is 4.79 Å². The highest BCUT2D eigenvalue weighted by Crippen LogP contribution is 2.34. The van der Waals surface area contributed by atoms with Gasteiger partial charge >= 0.3 is 5.97 Å². The van der Waals surface area contributed by atoms with E-state index in [9.17, 15) is 4.79 Å². The van der Waals surface area contributed by atoms with E-state index in [2.05, 4.69) is 4.98 Å². The van der Waals surface area contributed by atoms with Gasteiger partial charge in [-0.05, 0) is 34.5 Å². The Morgan fingerprint density at radius 1 is 1.14 bits per heavy atom. The molecule has 2 aromatic carbocycles. The molecule has 4 nitrogen and oxygen atoms in total. The van der Waals surface area contributed by atoms with E-state index in [1.807, 2.05) is 24.3 Å². The molecule has 0 radical (unpaired) electrons. The smallest absolute Gasteiger partial charge is 0.335 e. The average Bonchev–Trinajstić information content (AvgIpc) is 2.53. The zero-order valence-electron chi connectivity index (χ0n) is 11.4. The van der Waals surface area contributed by atoms with Crippen LogP contribution in [0.2, 0.25) is 0 Å². The van der Waals surface area contributed by atoms with Gasteiger partial charge in [0.2, 0.25) is 0 Å². The Balaban J connectivity index is 2.31. The molecular weight excluding hydrogens is 266 g/mol. The monoisotopic (exact) mass is 279 g/mol. The lowest BCUT2D eigenvalue weighted by molar-refractivity contribution is 0.0697. The van der Waals surface area contributed by atoms with Crippen LogP contribution >= 0.6 is 0 Å². The van der Waals surface area contributed by atoms with E-state index in [0.29, 0.717) is 5.75 Å². The summed E-state index contributed by atoms with van der Waals surface area (Å²) in [5.74, 6) is -0.233. The molecule has 4 heteroatoms. The zero-order valence-corrected chi connectivity index (χ0v) is 11.4. The number of aromatic nitrogens is 1. The van der Waals surface area contributed by atoms with Crippen molar-refractivity contribution in [3.8, 4) is 16.9 Å². The lowest BCUT2D eigenvalue weighted by Crippen LogP contribution is -1.96. The predicted octanol–water partition coefficient (Wildman–Crippen LogP) is 3.61. The van der Waals surface area contributed by atoms with Crippen molar-refractivity contribution in [2.75, 3.05) is 7.11 Å². The third-order valence-corrected chi connectivity index (χ3v) is 3.42. The van der Waals surface area contributed by atoms with Crippen molar-refractivity contribution in [2.24, 2.45) is 0 Å².